The zero-order valence-corrected chi connectivity index (χ0v) is 8.83. The van der Waals surface area contributed by atoms with E-state index in [4.69, 9.17) is 4.74 Å². The Balaban J connectivity index is 2.41. The lowest BCUT2D eigenvalue weighted by atomic mass is 10.2. The summed E-state index contributed by atoms with van der Waals surface area (Å²) in [6.45, 7) is 0. The number of para-hydroxylation sites is 2. The van der Waals surface area contributed by atoms with Crippen LogP contribution in [0.15, 0.2) is 53.5 Å². The van der Waals surface area contributed by atoms with Gasteiger partial charge in [0.1, 0.15) is 11.4 Å². The molecule has 2 aromatic carbocycles. The summed E-state index contributed by atoms with van der Waals surface area (Å²) in [5.74, 6) is 0.615. The molecule has 0 spiro atoms. The van der Waals surface area contributed by atoms with Gasteiger partial charge in [-0.2, -0.15) is 4.99 Å². The molecule has 0 atom stereocenters. The topological polar surface area (TPSA) is 58.9 Å². The molecule has 1 N–H and O–H groups in total. The van der Waals surface area contributed by atoms with Crippen LogP contribution in [0, 0.1) is 0 Å². The highest BCUT2D eigenvalue weighted by molar-refractivity contribution is 5.63. The van der Waals surface area contributed by atoms with E-state index >= 15 is 0 Å². The third kappa shape index (κ3) is 2.51. The second-order valence-corrected chi connectivity index (χ2v) is 3.24. The number of aliphatic imine (C=N–C) groups is 1. The first-order valence-electron chi connectivity index (χ1n) is 4.94. The van der Waals surface area contributed by atoms with E-state index in [1.54, 1.807) is 36.4 Å². The molecule has 0 saturated heterocycles. The van der Waals surface area contributed by atoms with Crippen LogP contribution in [0.5, 0.6) is 17.2 Å². The van der Waals surface area contributed by atoms with Crippen molar-refractivity contribution < 1.29 is 14.6 Å². The van der Waals surface area contributed by atoms with Gasteiger partial charge in [-0.05, 0) is 24.3 Å². The summed E-state index contributed by atoms with van der Waals surface area (Å²) >= 11 is 0. The fraction of sp³-hybridized carbons (Fsp3) is 0. The van der Waals surface area contributed by atoms with Gasteiger partial charge in [-0.15, -0.1) is 0 Å². The van der Waals surface area contributed by atoms with Gasteiger partial charge in [0.15, 0.2) is 11.5 Å². The lowest BCUT2D eigenvalue weighted by Crippen LogP contribution is -1.85. The predicted octanol–water partition coefficient (Wildman–Crippen LogP) is 3.15. The van der Waals surface area contributed by atoms with Crippen LogP contribution in [-0.2, 0) is 4.79 Å². The molecule has 0 aliphatic rings. The molecule has 0 aliphatic carbocycles. The first-order chi connectivity index (χ1) is 8.31. The van der Waals surface area contributed by atoms with E-state index in [-0.39, 0.29) is 17.2 Å². The van der Waals surface area contributed by atoms with Crippen molar-refractivity contribution in [1.29, 1.82) is 0 Å². The van der Waals surface area contributed by atoms with Gasteiger partial charge < -0.3 is 9.84 Å². The van der Waals surface area contributed by atoms with Crippen molar-refractivity contribution in [2.45, 2.75) is 0 Å². The Morgan fingerprint density at radius 2 is 1.82 bits per heavy atom. The summed E-state index contributed by atoms with van der Waals surface area (Å²) in [4.78, 5) is 13.7. The Bertz CT molecular complexity index is 560. The van der Waals surface area contributed by atoms with Gasteiger partial charge in [0.05, 0.1) is 0 Å². The molecule has 0 aromatic heterocycles. The molecule has 0 amide bonds. The Hall–Kier alpha value is -2.58. The quantitative estimate of drug-likeness (QED) is 0.647. The molecule has 0 aliphatic heterocycles. The van der Waals surface area contributed by atoms with Crippen LogP contribution in [0.4, 0.5) is 5.69 Å². The third-order valence-corrected chi connectivity index (χ3v) is 2.10. The second-order valence-electron chi connectivity index (χ2n) is 3.24. The van der Waals surface area contributed by atoms with Gasteiger partial charge in [0.2, 0.25) is 6.08 Å². The fourth-order valence-electron chi connectivity index (χ4n) is 1.36. The largest absolute Gasteiger partial charge is 0.504 e. The van der Waals surface area contributed by atoms with Crippen LogP contribution in [0.2, 0.25) is 0 Å². The summed E-state index contributed by atoms with van der Waals surface area (Å²) in [7, 11) is 0. The predicted molar refractivity (Wildman–Crippen MR) is 62.4 cm³/mol. The molecule has 4 heteroatoms. The highest BCUT2D eigenvalue weighted by Gasteiger charge is 2.09. The maximum absolute atomic E-state index is 10.3. The lowest BCUT2D eigenvalue weighted by Gasteiger charge is -2.08. The Morgan fingerprint density at radius 3 is 2.53 bits per heavy atom. The zero-order valence-electron chi connectivity index (χ0n) is 8.83. The molecule has 0 saturated carbocycles. The Labute approximate surface area is 97.8 Å². The number of hydrogen-bond acceptors (Lipinski definition) is 4. The molecular formula is C13H9NO3. The molecule has 0 bridgehead atoms. The van der Waals surface area contributed by atoms with E-state index < -0.39 is 0 Å². The number of phenols is 1. The van der Waals surface area contributed by atoms with Gasteiger partial charge in [-0.25, -0.2) is 4.79 Å². The molecule has 17 heavy (non-hydrogen) atoms. The minimum Gasteiger partial charge on any atom is -0.504 e. The van der Waals surface area contributed by atoms with Crippen LogP contribution in [0.3, 0.4) is 0 Å². The number of hydrogen-bond donors (Lipinski definition) is 1. The Kier molecular flexibility index (Phi) is 3.19. The first-order valence-corrected chi connectivity index (χ1v) is 4.94. The molecule has 2 aromatic rings. The minimum atomic E-state index is -0.0784. The Morgan fingerprint density at radius 1 is 1.06 bits per heavy atom. The summed E-state index contributed by atoms with van der Waals surface area (Å²) in [6, 6.07) is 13.5. The van der Waals surface area contributed by atoms with Crippen molar-refractivity contribution in [1.82, 2.24) is 0 Å². The average Bonchev–Trinajstić information content (AvgIpc) is 2.35. The van der Waals surface area contributed by atoms with Gasteiger partial charge in [0.25, 0.3) is 0 Å². The third-order valence-electron chi connectivity index (χ3n) is 2.10. The van der Waals surface area contributed by atoms with Crippen LogP contribution >= 0.6 is 0 Å². The normalized spacial score (nSPS) is 9.41. The van der Waals surface area contributed by atoms with E-state index in [1.807, 2.05) is 6.07 Å². The molecule has 0 heterocycles. The molecule has 4 nitrogen and oxygen atoms in total. The van der Waals surface area contributed by atoms with Gasteiger partial charge in [-0.1, -0.05) is 24.3 Å². The number of rotatable bonds is 3. The monoisotopic (exact) mass is 227 g/mol. The van der Waals surface area contributed by atoms with E-state index in [2.05, 4.69) is 4.99 Å². The number of isocyanates is 1. The molecule has 2 rings (SSSR count). The lowest BCUT2D eigenvalue weighted by molar-refractivity contribution is 0.412. The highest BCUT2D eigenvalue weighted by atomic mass is 16.5. The van der Waals surface area contributed by atoms with Crippen LogP contribution in [0.1, 0.15) is 0 Å². The average molecular weight is 227 g/mol. The number of aromatic hydroxyl groups is 1. The van der Waals surface area contributed by atoms with Crippen molar-refractivity contribution in [3.63, 3.8) is 0 Å². The van der Waals surface area contributed by atoms with Gasteiger partial charge >= 0.3 is 0 Å². The molecule has 84 valence electrons. The van der Waals surface area contributed by atoms with Crippen molar-refractivity contribution in [2.24, 2.45) is 4.99 Å². The van der Waals surface area contributed by atoms with Crippen molar-refractivity contribution >= 4 is 11.8 Å². The van der Waals surface area contributed by atoms with Crippen molar-refractivity contribution in [3.8, 4) is 17.2 Å². The number of phenolic OH excluding ortho intramolecular Hbond substituents is 1. The minimum absolute atomic E-state index is 0.0784. The van der Waals surface area contributed by atoms with Gasteiger partial charge in [-0.3, -0.25) is 0 Å². The summed E-state index contributed by atoms with van der Waals surface area (Å²) < 4.78 is 5.47. The number of benzene rings is 2. The summed E-state index contributed by atoms with van der Waals surface area (Å²) in [6.07, 6.45) is 1.42. The maximum Gasteiger partial charge on any atom is 0.240 e. The van der Waals surface area contributed by atoms with Crippen LogP contribution in [0.25, 0.3) is 0 Å². The van der Waals surface area contributed by atoms with Crippen molar-refractivity contribution in [2.75, 3.05) is 0 Å². The SMILES string of the molecule is O=C=Nc1cccc(O)c1Oc1ccccc1. The fourth-order valence-corrected chi connectivity index (χ4v) is 1.36. The smallest absolute Gasteiger partial charge is 0.240 e. The second kappa shape index (κ2) is 4.96. The number of ether oxygens (including phenoxy) is 1. The highest BCUT2D eigenvalue weighted by Crippen LogP contribution is 2.39. The van der Waals surface area contributed by atoms with Crippen LogP contribution in [-0.4, -0.2) is 11.2 Å². The van der Waals surface area contributed by atoms with Crippen LogP contribution < -0.4 is 4.74 Å². The van der Waals surface area contributed by atoms with Crippen molar-refractivity contribution in [3.05, 3.63) is 48.5 Å². The number of carbonyl (C=O) groups excluding carboxylic acids is 1. The molecule has 0 radical (unpaired) electrons. The molecule has 0 unspecified atom stereocenters. The van der Waals surface area contributed by atoms with E-state index in [1.165, 1.54) is 12.1 Å². The molecular weight excluding hydrogens is 218 g/mol. The summed E-state index contributed by atoms with van der Waals surface area (Å²) in [5, 5.41) is 9.66. The first kappa shape index (κ1) is 10.9. The van der Waals surface area contributed by atoms with Gasteiger partial charge in [0, 0.05) is 0 Å². The standard InChI is InChI=1S/C13H9NO3/c15-9-14-11-7-4-8-12(16)13(11)17-10-5-2-1-3-6-10/h1-8,16H. The zero-order chi connectivity index (χ0) is 12.1. The van der Waals surface area contributed by atoms with E-state index in [0.717, 1.165) is 0 Å². The van der Waals surface area contributed by atoms with E-state index in [9.17, 15) is 9.90 Å². The van der Waals surface area contributed by atoms with E-state index in [0.29, 0.717) is 5.75 Å². The summed E-state index contributed by atoms with van der Waals surface area (Å²) in [5.41, 5.74) is 0.240. The molecule has 0 fully saturated rings. The maximum atomic E-state index is 10.3. The number of nitrogens with zero attached hydrogens (tertiary/aromatic N) is 1.